The highest BCUT2D eigenvalue weighted by Gasteiger charge is 2.57. The number of hydrogen-bond donors (Lipinski definition) is 2. The number of aliphatic hydroxyl groups is 1. The van der Waals surface area contributed by atoms with Crippen molar-refractivity contribution in [2.45, 2.75) is 50.5 Å². The molecule has 2 heteroatoms. The molecule has 2 aliphatic rings. The minimum Gasteiger partial charge on any atom is -0.508 e. The molecule has 0 aromatic heterocycles. The Morgan fingerprint density at radius 3 is 2.55 bits per heavy atom. The molecule has 0 amide bonds. The molecular formula is C18H22O2. The predicted octanol–water partition coefficient (Wildman–Crippen LogP) is 3.44. The van der Waals surface area contributed by atoms with Crippen LogP contribution in [0.5, 0.6) is 5.75 Å². The first kappa shape index (κ1) is 13.5. The van der Waals surface area contributed by atoms with E-state index in [4.69, 9.17) is 6.42 Å². The van der Waals surface area contributed by atoms with Crippen LogP contribution in [-0.4, -0.2) is 15.8 Å². The molecule has 1 aromatic carbocycles. The van der Waals surface area contributed by atoms with E-state index in [-0.39, 0.29) is 5.41 Å². The third-order valence-electron chi connectivity index (χ3n) is 5.88. The summed E-state index contributed by atoms with van der Waals surface area (Å²) in [4.78, 5) is 0. The lowest BCUT2D eigenvalue weighted by atomic mass is 9.60. The van der Waals surface area contributed by atoms with Crippen molar-refractivity contribution in [1.82, 2.24) is 0 Å². The van der Waals surface area contributed by atoms with E-state index in [1.165, 1.54) is 5.56 Å². The molecule has 2 aliphatic carbocycles. The van der Waals surface area contributed by atoms with E-state index < -0.39 is 5.60 Å². The summed E-state index contributed by atoms with van der Waals surface area (Å²) in [5, 5.41) is 20.1. The monoisotopic (exact) mass is 270 g/mol. The summed E-state index contributed by atoms with van der Waals surface area (Å²) >= 11 is 0. The summed E-state index contributed by atoms with van der Waals surface area (Å²) in [5.74, 6) is 4.00. The molecule has 0 heterocycles. The van der Waals surface area contributed by atoms with E-state index in [1.54, 1.807) is 12.1 Å². The van der Waals surface area contributed by atoms with Gasteiger partial charge in [0.1, 0.15) is 11.4 Å². The topological polar surface area (TPSA) is 40.5 Å². The summed E-state index contributed by atoms with van der Waals surface area (Å²) in [6, 6.07) is 7.56. The van der Waals surface area contributed by atoms with Crippen LogP contribution in [0.3, 0.4) is 0 Å². The minimum atomic E-state index is -0.919. The minimum absolute atomic E-state index is 0.130. The maximum atomic E-state index is 10.7. The Morgan fingerprint density at radius 2 is 1.90 bits per heavy atom. The Balaban J connectivity index is 1.81. The normalized spacial score (nSPS) is 40.0. The third kappa shape index (κ3) is 1.84. The van der Waals surface area contributed by atoms with Crippen LogP contribution in [0.1, 0.15) is 50.5 Å². The molecule has 106 valence electrons. The molecular weight excluding hydrogens is 248 g/mol. The van der Waals surface area contributed by atoms with Gasteiger partial charge in [0.05, 0.1) is 0 Å². The summed E-state index contributed by atoms with van der Waals surface area (Å²) in [6.07, 6.45) is 10.5. The largest absolute Gasteiger partial charge is 0.508 e. The summed E-state index contributed by atoms with van der Waals surface area (Å²) in [5.41, 5.74) is 0.244. The van der Waals surface area contributed by atoms with Crippen LogP contribution < -0.4 is 0 Å². The molecule has 0 bridgehead atoms. The molecule has 4 atom stereocenters. The van der Waals surface area contributed by atoms with Gasteiger partial charge in [-0.1, -0.05) is 25.0 Å². The van der Waals surface area contributed by atoms with E-state index in [0.717, 1.165) is 32.1 Å². The number of hydrogen-bond acceptors (Lipinski definition) is 2. The second kappa shape index (κ2) is 4.53. The van der Waals surface area contributed by atoms with Gasteiger partial charge in [0.15, 0.2) is 0 Å². The fraction of sp³-hybridized carbons (Fsp3) is 0.556. The lowest BCUT2D eigenvalue weighted by Gasteiger charge is -2.45. The Morgan fingerprint density at radius 1 is 1.20 bits per heavy atom. The van der Waals surface area contributed by atoms with Gasteiger partial charge in [-0.15, -0.1) is 6.42 Å². The van der Waals surface area contributed by atoms with Crippen LogP contribution in [0.4, 0.5) is 0 Å². The fourth-order valence-corrected chi connectivity index (χ4v) is 4.34. The van der Waals surface area contributed by atoms with E-state index >= 15 is 0 Å². The van der Waals surface area contributed by atoms with Gasteiger partial charge in [-0.3, -0.25) is 0 Å². The summed E-state index contributed by atoms with van der Waals surface area (Å²) in [7, 11) is 0. The second-order valence-electron chi connectivity index (χ2n) is 6.72. The number of rotatable bonds is 1. The Kier molecular flexibility index (Phi) is 3.06. The first-order chi connectivity index (χ1) is 9.48. The highest BCUT2D eigenvalue weighted by atomic mass is 16.3. The number of fused-ring (bicyclic) bond motifs is 1. The Labute approximate surface area is 120 Å². The van der Waals surface area contributed by atoms with Crippen LogP contribution in [0, 0.1) is 23.7 Å². The van der Waals surface area contributed by atoms with Gasteiger partial charge < -0.3 is 10.2 Å². The predicted molar refractivity (Wildman–Crippen MR) is 79.3 cm³/mol. The molecule has 0 saturated heterocycles. The maximum absolute atomic E-state index is 10.7. The maximum Gasteiger partial charge on any atom is 0.130 e. The smallest absolute Gasteiger partial charge is 0.130 e. The van der Waals surface area contributed by atoms with Crippen molar-refractivity contribution in [2.24, 2.45) is 11.3 Å². The van der Waals surface area contributed by atoms with Gasteiger partial charge >= 0.3 is 0 Å². The zero-order chi connectivity index (χ0) is 14.4. The zero-order valence-electron chi connectivity index (χ0n) is 12.0. The van der Waals surface area contributed by atoms with Gasteiger partial charge in [0.25, 0.3) is 0 Å². The van der Waals surface area contributed by atoms with E-state index in [0.29, 0.717) is 17.6 Å². The average molecular weight is 270 g/mol. The zero-order valence-corrected chi connectivity index (χ0v) is 12.0. The third-order valence-corrected chi connectivity index (χ3v) is 5.88. The number of benzene rings is 1. The number of aromatic hydroxyl groups is 1. The van der Waals surface area contributed by atoms with Gasteiger partial charge in [-0.05, 0) is 61.6 Å². The highest BCUT2D eigenvalue weighted by molar-refractivity contribution is 5.30. The van der Waals surface area contributed by atoms with Crippen molar-refractivity contribution < 1.29 is 10.2 Å². The number of phenolic OH excluding ortho intramolecular Hbond substituents is 1. The quantitative estimate of drug-likeness (QED) is 0.767. The molecule has 2 saturated carbocycles. The van der Waals surface area contributed by atoms with Gasteiger partial charge in [-0.2, -0.15) is 0 Å². The molecule has 2 fully saturated rings. The first-order valence-corrected chi connectivity index (χ1v) is 7.47. The molecule has 0 spiro atoms. The van der Waals surface area contributed by atoms with Crippen molar-refractivity contribution in [3.63, 3.8) is 0 Å². The lowest BCUT2D eigenvalue weighted by molar-refractivity contribution is -0.0429. The van der Waals surface area contributed by atoms with E-state index in [9.17, 15) is 10.2 Å². The first-order valence-electron chi connectivity index (χ1n) is 7.47. The summed E-state index contributed by atoms with van der Waals surface area (Å²) < 4.78 is 0. The van der Waals surface area contributed by atoms with Gasteiger partial charge in [-0.25, -0.2) is 0 Å². The van der Waals surface area contributed by atoms with E-state index in [2.05, 4.69) is 12.8 Å². The van der Waals surface area contributed by atoms with Crippen molar-refractivity contribution in [1.29, 1.82) is 0 Å². The number of phenols is 1. The van der Waals surface area contributed by atoms with Crippen molar-refractivity contribution >= 4 is 0 Å². The van der Waals surface area contributed by atoms with Crippen LogP contribution in [0.25, 0.3) is 0 Å². The molecule has 3 rings (SSSR count). The SMILES string of the molecule is C#C[C@]1(O)CC[C@@H]2C[C@@H](c3ccc(O)cc3)CC[C@@]21C. The standard InChI is InChI=1S/C18H22O2/c1-3-18(20)11-9-15-12-14(8-10-17(15,18)2)13-4-6-16(19)7-5-13/h1,4-7,14-15,19-20H,8-12H2,2H3/t14-,15+,17-,18-/m0/s1. The van der Waals surface area contributed by atoms with Crippen molar-refractivity contribution in [3.8, 4) is 18.1 Å². The molecule has 1 aromatic rings. The summed E-state index contributed by atoms with van der Waals surface area (Å²) in [6.45, 7) is 2.16. The fourth-order valence-electron chi connectivity index (χ4n) is 4.34. The van der Waals surface area contributed by atoms with Crippen LogP contribution in [-0.2, 0) is 0 Å². The Bertz CT molecular complexity index is 542. The molecule has 0 radical (unpaired) electrons. The van der Waals surface area contributed by atoms with Gasteiger partial charge in [0, 0.05) is 5.41 Å². The van der Waals surface area contributed by atoms with Crippen molar-refractivity contribution in [3.05, 3.63) is 29.8 Å². The molecule has 20 heavy (non-hydrogen) atoms. The van der Waals surface area contributed by atoms with Crippen LogP contribution in [0.15, 0.2) is 24.3 Å². The second-order valence-corrected chi connectivity index (χ2v) is 6.72. The van der Waals surface area contributed by atoms with Gasteiger partial charge in [0.2, 0.25) is 0 Å². The molecule has 0 unspecified atom stereocenters. The number of terminal acetylenes is 1. The lowest BCUT2D eigenvalue weighted by Crippen LogP contribution is -2.46. The highest BCUT2D eigenvalue weighted by Crippen LogP contribution is 2.59. The Hall–Kier alpha value is -1.46. The molecule has 2 N–H and O–H groups in total. The van der Waals surface area contributed by atoms with E-state index in [1.807, 2.05) is 12.1 Å². The average Bonchev–Trinajstić information content (AvgIpc) is 2.72. The molecule has 0 aliphatic heterocycles. The van der Waals surface area contributed by atoms with Crippen LogP contribution in [0.2, 0.25) is 0 Å². The van der Waals surface area contributed by atoms with Crippen molar-refractivity contribution in [2.75, 3.05) is 0 Å². The molecule has 2 nitrogen and oxygen atoms in total. The van der Waals surface area contributed by atoms with Crippen LogP contribution >= 0.6 is 0 Å².